The maximum Gasteiger partial charge on any atom is 0.155 e. The van der Waals surface area contributed by atoms with Gasteiger partial charge in [-0.05, 0) is 91.8 Å². The zero-order valence-electron chi connectivity index (χ0n) is 35.6. The molecule has 1 aliphatic carbocycles. The molecule has 0 unspecified atom stereocenters. The summed E-state index contributed by atoms with van der Waals surface area (Å²) >= 11 is 0. The zero-order valence-corrected chi connectivity index (χ0v) is 36.6. The van der Waals surface area contributed by atoms with Gasteiger partial charge in [0.2, 0.25) is 0 Å². The van der Waals surface area contributed by atoms with Gasteiger partial charge in [-0.2, -0.15) is 0 Å². The summed E-state index contributed by atoms with van der Waals surface area (Å²) in [5.74, 6) is 1.80. The molecule has 3 aliphatic rings. The van der Waals surface area contributed by atoms with E-state index < -0.39 is 19.6 Å². The van der Waals surface area contributed by atoms with E-state index in [1.54, 1.807) is 0 Å². The van der Waals surface area contributed by atoms with E-state index in [4.69, 9.17) is 4.74 Å². The third-order valence-electron chi connectivity index (χ3n) is 14.1. The van der Waals surface area contributed by atoms with Crippen LogP contribution in [0.3, 0.4) is 0 Å². The standard InChI is InChI=1S/C62H42NOSi/c1-5-22-43(23-6-1)61(44-24-7-2-8-25-44)49-31-14-13-30-48(49)60-54(61)35-21-36-55(60)63(45-26-9-3-10-27-45)46-40-41-53-59(42-46)65(47-28-11-4-12-29-47)58-39-20-17-34-52(58)62(53)50-32-15-18-37-56(50)64-57-38-19-16-33-51(57)62/h1-42H. The Morgan fingerprint density at radius 2 is 0.846 bits per heavy atom. The summed E-state index contributed by atoms with van der Waals surface area (Å²) in [6.45, 7) is 0. The summed E-state index contributed by atoms with van der Waals surface area (Å²) in [7, 11) is -1.55. The third-order valence-corrected chi connectivity index (χ3v) is 17.0. The predicted octanol–water partition coefficient (Wildman–Crippen LogP) is 12.8. The molecule has 1 spiro atoms. The van der Waals surface area contributed by atoms with Crippen molar-refractivity contribution in [2.24, 2.45) is 0 Å². The van der Waals surface area contributed by atoms with Crippen molar-refractivity contribution in [3.05, 3.63) is 299 Å². The van der Waals surface area contributed by atoms with Crippen LogP contribution < -0.4 is 25.2 Å². The van der Waals surface area contributed by atoms with Gasteiger partial charge < -0.3 is 9.64 Å². The number of para-hydroxylation sites is 3. The number of benzene rings is 10. The van der Waals surface area contributed by atoms with Gasteiger partial charge in [0.25, 0.3) is 0 Å². The van der Waals surface area contributed by atoms with Crippen molar-refractivity contribution in [3.63, 3.8) is 0 Å². The number of hydrogen-bond donors (Lipinski definition) is 0. The minimum Gasteiger partial charge on any atom is -0.457 e. The number of ether oxygens (including phenoxy) is 1. The molecule has 1 radical (unpaired) electrons. The van der Waals surface area contributed by atoms with Crippen molar-refractivity contribution in [1.82, 2.24) is 0 Å². The molecule has 0 N–H and O–H groups in total. The van der Waals surface area contributed by atoms with Crippen molar-refractivity contribution >= 4 is 41.4 Å². The normalized spacial score (nSPS) is 14.5. The van der Waals surface area contributed by atoms with E-state index in [9.17, 15) is 0 Å². The Labute approximate surface area is 382 Å². The topological polar surface area (TPSA) is 12.5 Å². The van der Waals surface area contributed by atoms with E-state index in [-0.39, 0.29) is 0 Å². The van der Waals surface area contributed by atoms with Crippen molar-refractivity contribution in [2.45, 2.75) is 10.8 Å². The maximum atomic E-state index is 6.78. The van der Waals surface area contributed by atoms with Crippen molar-refractivity contribution in [3.8, 4) is 22.6 Å². The van der Waals surface area contributed by atoms with Crippen LogP contribution in [0.5, 0.6) is 11.5 Å². The van der Waals surface area contributed by atoms with Crippen molar-refractivity contribution in [1.29, 1.82) is 0 Å². The average Bonchev–Trinajstić information content (AvgIpc) is 3.69. The molecule has 0 atom stereocenters. The molecule has 305 valence electrons. The summed E-state index contributed by atoms with van der Waals surface area (Å²) in [6.07, 6.45) is 0. The van der Waals surface area contributed by atoms with Crippen LogP contribution in [0.25, 0.3) is 11.1 Å². The highest BCUT2D eigenvalue weighted by Gasteiger charge is 2.52. The SMILES string of the molecule is c1ccc(N(c2ccc3c(c2)[Si](c2ccccc2)c2ccccc2C32c3ccccc3Oc3ccccc32)c2cccc3c2-c2ccccc2C3(c2ccccc2)c2ccccc2)cc1. The van der Waals surface area contributed by atoms with E-state index in [1.165, 1.54) is 71.2 Å². The lowest BCUT2D eigenvalue weighted by Gasteiger charge is -2.47. The smallest absolute Gasteiger partial charge is 0.155 e. The van der Waals surface area contributed by atoms with Gasteiger partial charge >= 0.3 is 0 Å². The lowest BCUT2D eigenvalue weighted by atomic mass is 9.63. The van der Waals surface area contributed by atoms with Crippen LogP contribution in [0, 0.1) is 0 Å². The van der Waals surface area contributed by atoms with Gasteiger partial charge in [0.15, 0.2) is 8.80 Å². The summed E-state index contributed by atoms with van der Waals surface area (Å²) in [4.78, 5) is 2.52. The second-order valence-electron chi connectivity index (χ2n) is 17.3. The van der Waals surface area contributed by atoms with Crippen LogP contribution in [0.15, 0.2) is 255 Å². The van der Waals surface area contributed by atoms with E-state index in [2.05, 4.69) is 260 Å². The fraction of sp³-hybridized carbons (Fsp3) is 0.0323. The van der Waals surface area contributed by atoms with Crippen LogP contribution >= 0.6 is 0 Å². The van der Waals surface area contributed by atoms with Crippen molar-refractivity contribution < 1.29 is 4.74 Å². The molecule has 10 aromatic carbocycles. The molecule has 13 rings (SSSR count). The maximum absolute atomic E-state index is 6.78. The second-order valence-corrected chi connectivity index (χ2v) is 19.7. The van der Waals surface area contributed by atoms with E-state index in [0.29, 0.717) is 0 Å². The molecule has 65 heavy (non-hydrogen) atoms. The lowest BCUT2D eigenvalue weighted by Crippen LogP contribution is -2.62. The van der Waals surface area contributed by atoms with Crippen LogP contribution in [0.4, 0.5) is 17.1 Å². The van der Waals surface area contributed by atoms with Gasteiger partial charge in [-0.1, -0.05) is 218 Å². The first-order valence-corrected chi connectivity index (χ1v) is 24.0. The summed E-state index contributed by atoms with van der Waals surface area (Å²) in [5.41, 5.74) is 14.8. The summed E-state index contributed by atoms with van der Waals surface area (Å²) < 4.78 is 6.78. The Balaban J connectivity index is 1.12. The first kappa shape index (κ1) is 37.6. The minimum absolute atomic E-state index is 0.522. The molecule has 0 bridgehead atoms. The quantitative estimate of drug-likeness (QED) is 0.155. The van der Waals surface area contributed by atoms with Crippen molar-refractivity contribution in [2.75, 3.05) is 4.90 Å². The molecule has 0 fully saturated rings. The number of anilines is 3. The van der Waals surface area contributed by atoms with Crippen LogP contribution in [0.1, 0.15) is 44.5 Å². The fourth-order valence-electron chi connectivity index (χ4n) is 11.7. The molecule has 0 saturated heterocycles. The van der Waals surface area contributed by atoms with Gasteiger partial charge in [0.1, 0.15) is 11.5 Å². The first-order chi connectivity index (χ1) is 32.3. The Bertz CT molecular complexity index is 3340. The number of rotatable bonds is 6. The highest BCUT2D eigenvalue weighted by molar-refractivity contribution is 6.96. The number of fused-ring (bicyclic) bond motifs is 11. The fourth-order valence-corrected chi connectivity index (χ4v) is 14.8. The molecule has 0 aromatic heterocycles. The summed E-state index contributed by atoms with van der Waals surface area (Å²) in [6, 6.07) is 94.4. The highest BCUT2D eigenvalue weighted by atomic mass is 28.3. The van der Waals surface area contributed by atoms with Gasteiger partial charge in [-0.25, -0.2) is 0 Å². The van der Waals surface area contributed by atoms with Crippen LogP contribution in [-0.2, 0) is 10.8 Å². The number of hydrogen-bond acceptors (Lipinski definition) is 2. The Morgan fingerprint density at radius 1 is 0.338 bits per heavy atom. The molecule has 0 amide bonds. The van der Waals surface area contributed by atoms with Gasteiger partial charge in [0.05, 0.1) is 16.5 Å². The largest absolute Gasteiger partial charge is 0.457 e. The average molecular weight is 845 g/mol. The highest BCUT2D eigenvalue weighted by Crippen LogP contribution is 2.60. The Kier molecular flexibility index (Phi) is 8.56. The van der Waals surface area contributed by atoms with E-state index in [0.717, 1.165) is 28.6 Å². The van der Waals surface area contributed by atoms with Crippen LogP contribution in [-0.4, -0.2) is 8.80 Å². The van der Waals surface area contributed by atoms with Gasteiger partial charge in [0, 0.05) is 28.1 Å². The summed E-state index contributed by atoms with van der Waals surface area (Å²) in [5, 5.41) is 4.14. The molecule has 2 aliphatic heterocycles. The third kappa shape index (κ3) is 5.34. The van der Waals surface area contributed by atoms with Crippen LogP contribution in [0.2, 0.25) is 0 Å². The van der Waals surface area contributed by atoms with E-state index >= 15 is 0 Å². The second kappa shape index (κ2) is 14.8. The molecular formula is C62H42NOSi. The first-order valence-electron chi connectivity index (χ1n) is 22.5. The molecular weight excluding hydrogens is 803 g/mol. The molecule has 2 heterocycles. The molecule has 10 aromatic rings. The number of nitrogens with zero attached hydrogens (tertiary/aromatic N) is 1. The minimum atomic E-state index is -1.55. The lowest BCUT2D eigenvalue weighted by molar-refractivity contribution is 0.435. The van der Waals surface area contributed by atoms with Gasteiger partial charge in [-0.15, -0.1) is 0 Å². The zero-order chi connectivity index (χ0) is 43.0. The molecule has 3 heteroatoms. The monoisotopic (exact) mass is 844 g/mol. The molecule has 0 saturated carbocycles. The van der Waals surface area contributed by atoms with E-state index in [1.807, 2.05) is 0 Å². The van der Waals surface area contributed by atoms with Gasteiger partial charge in [-0.3, -0.25) is 0 Å². The Hall–Kier alpha value is -7.98. The predicted molar refractivity (Wildman–Crippen MR) is 268 cm³/mol. The molecule has 2 nitrogen and oxygen atoms in total. The Morgan fingerprint density at radius 3 is 1.51 bits per heavy atom.